The zero-order valence-electron chi connectivity index (χ0n) is 24.1. The van der Waals surface area contributed by atoms with E-state index in [1.807, 2.05) is 78.9 Å². The number of nitrogens with one attached hydrogen (secondary N) is 1. The number of methoxy groups -OCH3 is 2. The summed E-state index contributed by atoms with van der Waals surface area (Å²) in [5.41, 5.74) is 2.39. The van der Waals surface area contributed by atoms with Gasteiger partial charge in [-0.25, -0.2) is 4.79 Å². The number of imide groups is 1. The van der Waals surface area contributed by atoms with E-state index in [1.165, 1.54) is 12.0 Å². The van der Waals surface area contributed by atoms with Gasteiger partial charge >= 0.3 is 18.1 Å². The van der Waals surface area contributed by atoms with E-state index in [4.69, 9.17) is 19.4 Å². The molecule has 2 heterocycles. The number of carboxylic acid groups (broad SMARTS) is 1. The van der Waals surface area contributed by atoms with Gasteiger partial charge in [0.2, 0.25) is 11.8 Å². The first kappa shape index (κ1) is 32.2. The minimum atomic E-state index is -5.08. The second-order valence-corrected chi connectivity index (χ2v) is 10.3. The number of carboxylic acids is 1. The summed E-state index contributed by atoms with van der Waals surface area (Å²) in [6, 6.07) is 24.7. The van der Waals surface area contributed by atoms with Gasteiger partial charge in [-0.1, -0.05) is 66.7 Å². The lowest BCUT2D eigenvalue weighted by Crippen LogP contribution is -2.57. The molecule has 232 valence electrons. The van der Waals surface area contributed by atoms with Crippen LogP contribution in [-0.2, 0) is 30.3 Å². The molecule has 0 unspecified atom stereocenters. The van der Waals surface area contributed by atoms with E-state index in [-0.39, 0.29) is 24.8 Å². The molecular weight excluding hydrogens is 581 g/mol. The summed E-state index contributed by atoms with van der Waals surface area (Å²) in [7, 11) is 2.95. The monoisotopic (exact) mass is 612 g/mol. The fourth-order valence-electron chi connectivity index (χ4n) is 5.85. The number of fused-ring (bicyclic) bond motifs is 1. The summed E-state index contributed by atoms with van der Waals surface area (Å²) in [5.74, 6) is -4.67. The maximum absolute atomic E-state index is 13.6. The van der Waals surface area contributed by atoms with Crippen molar-refractivity contribution in [1.82, 2.24) is 10.2 Å². The smallest absolute Gasteiger partial charge is 0.490 e. The van der Waals surface area contributed by atoms with Gasteiger partial charge in [0.1, 0.15) is 11.3 Å². The van der Waals surface area contributed by atoms with Crippen LogP contribution in [0.3, 0.4) is 0 Å². The lowest BCUT2D eigenvalue weighted by Gasteiger charge is -2.32. The second-order valence-electron chi connectivity index (χ2n) is 10.3. The van der Waals surface area contributed by atoms with Crippen LogP contribution in [0, 0.1) is 11.8 Å². The first-order valence-electron chi connectivity index (χ1n) is 13.7. The molecule has 2 fully saturated rings. The molecule has 0 aliphatic carbocycles. The van der Waals surface area contributed by atoms with E-state index in [1.54, 1.807) is 14.0 Å². The van der Waals surface area contributed by atoms with Crippen molar-refractivity contribution in [1.29, 1.82) is 0 Å². The number of benzene rings is 3. The number of amides is 2. The third-order valence-corrected chi connectivity index (χ3v) is 7.87. The highest BCUT2D eigenvalue weighted by molar-refractivity contribution is 6.09. The fourth-order valence-corrected chi connectivity index (χ4v) is 5.85. The number of hydrogen-bond donors (Lipinski definition) is 2. The maximum atomic E-state index is 13.6. The Kier molecular flexibility index (Phi) is 9.43. The molecular formula is C32H31F3N2O7. The van der Waals surface area contributed by atoms with Crippen molar-refractivity contribution in [3.63, 3.8) is 0 Å². The highest BCUT2D eigenvalue weighted by atomic mass is 19.4. The Morgan fingerprint density at radius 1 is 0.909 bits per heavy atom. The maximum Gasteiger partial charge on any atom is 0.490 e. The molecule has 2 aliphatic heterocycles. The van der Waals surface area contributed by atoms with E-state index in [2.05, 4.69) is 5.32 Å². The van der Waals surface area contributed by atoms with Crippen LogP contribution in [0.25, 0.3) is 11.1 Å². The molecule has 0 saturated carbocycles. The predicted molar refractivity (Wildman–Crippen MR) is 152 cm³/mol. The standard InChI is InChI=1S/C30H30N2O5.C2HF3O2/c1-4-32-27(33)24-25(28(32)34)30(29(35)37-3,18-19-8-6-5-7-9-19)31-26(24)22-12-10-20(11-13-22)21-14-16-23(36-2)17-15-21;3-2(4,5)1(6)7/h5-17,24-26,31H,4,18H2,1-3H3;(H,6,7)/t24-,25-,26-,30-;/m1./s1. The predicted octanol–water partition coefficient (Wildman–Crippen LogP) is 4.42. The van der Waals surface area contributed by atoms with E-state index >= 15 is 0 Å². The van der Waals surface area contributed by atoms with Crippen LogP contribution in [0.15, 0.2) is 78.9 Å². The summed E-state index contributed by atoms with van der Waals surface area (Å²) in [4.78, 5) is 50.7. The van der Waals surface area contributed by atoms with Crippen molar-refractivity contribution >= 4 is 23.8 Å². The Labute approximate surface area is 251 Å². The number of rotatable bonds is 7. The number of hydrogen-bond acceptors (Lipinski definition) is 7. The van der Waals surface area contributed by atoms with Gasteiger partial charge in [-0.05, 0) is 41.3 Å². The van der Waals surface area contributed by atoms with E-state index in [0.717, 1.165) is 28.0 Å². The number of aliphatic carboxylic acids is 1. The summed E-state index contributed by atoms with van der Waals surface area (Å²) in [5, 5.41) is 10.6. The average Bonchev–Trinajstić information content (AvgIpc) is 3.49. The molecule has 2 aliphatic rings. The van der Waals surface area contributed by atoms with Gasteiger partial charge in [-0.15, -0.1) is 0 Å². The number of ether oxygens (including phenoxy) is 2. The Bertz CT molecular complexity index is 1510. The molecule has 0 bridgehead atoms. The fraction of sp³-hybridized carbons (Fsp3) is 0.312. The SMILES string of the molecule is CCN1C(=O)[C@H]2[C@@H](c3ccc(-c4ccc(OC)cc4)cc3)N[C@@](Cc3ccccc3)(C(=O)OC)[C@H]2C1=O.O=C(O)C(F)(F)F. The summed E-state index contributed by atoms with van der Waals surface area (Å²) in [6.07, 6.45) is -4.85. The molecule has 2 N–H and O–H groups in total. The van der Waals surface area contributed by atoms with Gasteiger partial charge in [-0.3, -0.25) is 24.6 Å². The summed E-state index contributed by atoms with van der Waals surface area (Å²) in [6.45, 7) is 2.04. The summed E-state index contributed by atoms with van der Waals surface area (Å²) >= 11 is 0. The zero-order chi connectivity index (χ0) is 32.2. The number of likely N-dealkylation sites (tertiary alicyclic amines) is 1. The molecule has 44 heavy (non-hydrogen) atoms. The third kappa shape index (κ3) is 6.16. The van der Waals surface area contributed by atoms with Crippen LogP contribution in [0.4, 0.5) is 13.2 Å². The molecule has 4 atom stereocenters. The van der Waals surface area contributed by atoms with Crippen LogP contribution >= 0.6 is 0 Å². The van der Waals surface area contributed by atoms with Crippen molar-refractivity contribution in [2.24, 2.45) is 11.8 Å². The lowest BCUT2D eigenvalue weighted by atomic mass is 9.76. The van der Waals surface area contributed by atoms with Crippen molar-refractivity contribution in [2.75, 3.05) is 20.8 Å². The number of nitrogens with zero attached hydrogens (tertiary/aromatic N) is 1. The zero-order valence-corrected chi connectivity index (χ0v) is 24.1. The number of esters is 1. The molecule has 9 nitrogen and oxygen atoms in total. The average molecular weight is 613 g/mol. The first-order chi connectivity index (χ1) is 20.9. The molecule has 2 saturated heterocycles. The van der Waals surface area contributed by atoms with Gasteiger partial charge < -0.3 is 14.6 Å². The Hall–Kier alpha value is -4.71. The topological polar surface area (TPSA) is 122 Å². The normalized spacial score (nSPS) is 22.6. The van der Waals surface area contributed by atoms with Crippen molar-refractivity contribution in [3.05, 3.63) is 90.0 Å². The van der Waals surface area contributed by atoms with Crippen molar-refractivity contribution < 1.29 is 46.9 Å². The van der Waals surface area contributed by atoms with Crippen molar-refractivity contribution in [2.45, 2.75) is 31.1 Å². The van der Waals surface area contributed by atoms with Gasteiger partial charge in [0.25, 0.3) is 0 Å². The molecule has 12 heteroatoms. The largest absolute Gasteiger partial charge is 0.497 e. The number of alkyl halides is 3. The molecule has 3 aromatic carbocycles. The molecule has 2 amide bonds. The third-order valence-electron chi connectivity index (χ3n) is 7.87. The Balaban J connectivity index is 0.000000566. The highest BCUT2D eigenvalue weighted by Gasteiger charge is 2.68. The Morgan fingerprint density at radius 3 is 1.93 bits per heavy atom. The molecule has 5 rings (SSSR count). The quantitative estimate of drug-likeness (QED) is 0.297. The second kappa shape index (κ2) is 12.9. The first-order valence-corrected chi connectivity index (χ1v) is 13.7. The lowest BCUT2D eigenvalue weighted by molar-refractivity contribution is -0.192. The van der Waals surface area contributed by atoms with Gasteiger partial charge in [0.05, 0.1) is 26.1 Å². The molecule has 0 aromatic heterocycles. The van der Waals surface area contributed by atoms with Crippen LogP contribution in [0.1, 0.15) is 24.1 Å². The molecule has 0 radical (unpaired) electrons. The van der Waals surface area contributed by atoms with Crippen LogP contribution in [0.2, 0.25) is 0 Å². The van der Waals surface area contributed by atoms with Gasteiger partial charge in [0, 0.05) is 19.0 Å². The Morgan fingerprint density at radius 2 is 1.45 bits per heavy atom. The van der Waals surface area contributed by atoms with Crippen LogP contribution in [0.5, 0.6) is 5.75 Å². The summed E-state index contributed by atoms with van der Waals surface area (Å²) < 4.78 is 42.2. The molecule has 3 aromatic rings. The van der Waals surface area contributed by atoms with Crippen molar-refractivity contribution in [3.8, 4) is 16.9 Å². The van der Waals surface area contributed by atoms with Gasteiger partial charge in [0.15, 0.2) is 0 Å². The van der Waals surface area contributed by atoms with E-state index < -0.39 is 41.5 Å². The van der Waals surface area contributed by atoms with Crippen LogP contribution in [-0.4, -0.2) is 66.2 Å². The highest BCUT2D eigenvalue weighted by Crippen LogP contribution is 2.50. The minimum Gasteiger partial charge on any atom is -0.497 e. The number of carbonyl (C=O) groups is 4. The van der Waals surface area contributed by atoms with E-state index in [0.29, 0.717) is 0 Å². The minimum absolute atomic E-state index is 0.235. The van der Waals surface area contributed by atoms with Gasteiger partial charge in [-0.2, -0.15) is 13.2 Å². The molecule has 0 spiro atoms. The van der Waals surface area contributed by atoms with Crippen LogP contribution < -0.4 is 10.1 Å². The number of carbonyl (C=O) groups excluding carboxylic acids is 3. The number of halogens is 3. The van der Waals surface area contributed by atoms with E-state index in [9.17, 15) is 27.6 Å².